The standard InChI is InChI=1S/C22H19N3O5/c1-29-11-10-25-22(28)15-7-3-2-6-14(15)17(24-25)13-23-21(27)20-12-18(26)16-8-4-5-9-19(16)30-20/h2-9,12H,10-11,13H2,1H3,(H,23,27). The van der Waals surface area contributed by atoms with Gasteiger partial charge in [-0.1, -0.05) is 30.3 Å². The van der Waals surface area contributed by atoms with E-state index in [0.29, 0.717) is 40.6 Å². The lowest BCUT2D eigenvalue weighted by Gasteiger charge is -2.11. The van der Waals surface area contributed by atoms with Crippen LogP contribution < -0.4 is 16.3 Å². The zero-order valence-electron chi connectivity index (χ0n) is 16.3. The third kappa shape index (κ3) is 3.72. The van der Waals surface area contributed by atoms with Gasteiger partial charge in [0.25, 0.3) is 11.5 Å². The van der Waals surface area contributed by atoms with Crippen molar-refractivity contribution in [3.63, 3.8) is 0 Å². The molecule has 0 fully saturated rings. The Labute approximate surface area is 170 Å². The SMILES string of the molecule is COCCn1nc(CNC(=O)c2cc(=O)c3ccccc3o2)c2ccccc2c1=O. The van der Waals surface area contributed by atoms with Crippen LogP contribution in [0.1, 0.15) is 16.2 Å². The second-order valence-corrected chi connectivity index (χ2v) is 6.67. The molecule has 0 atom stereocenters. The number of carbonyl (C=O) groups excluding carboxylic acids is 1. The molecular weight excluding hydrogens is 386 g/mol. The van der Waals surface area contributed by atoms with E-state index in [9.17, 15) is 14.4 Å². The number of amides is 1. The maximum Gasteiger partial charge on any atom is 0.287 e. The van der Waals surface area contributed by atoms with E-state index in [4.69, 9.17) is 9.15 Å². The number of ether oxygens (including phenoxy) is 1. The number of hydrogen-bond donors (Lipinski definition) is 1. The van der Waals surface area contributed by atoms with Crippen molar-refractivity contribution in [1.82, 2.24) is 15.1 Å². The molecule has 2 heterocycles. The Hall–Kier alpha value is -3.78. The molecule has 2 aromatic carbocycles. The van der Waals surface area contributed by atoms with Crippen LogP contribution in [0.4, 0.5) is 0 Å². The van der Waals surface area contributed by atoms with Crippen LogP contribution in [0, 0.1) is 0 Å². The van der Waals surface area contributed by atoms with E-state index in [1.165, 1.54) is 10.7 Å². The van der Waals surface area contributed by atoms with Gasteiger partial charge in [-0.2, -0.15) is 5.10 Å². The van der Waals surface area contributed by atoms with Crippen LogP contribution >= 0.6 is 0 Å². The number of aromatic nitrogens is 2. The zero-order chi connectivity index (χ0) is 21.1. The van der Waals surface area contributed by atoms with Gasteiger partial charge in [0, 0.05) is 18.6 Å². The molecule has 4 aromatic rings. The molecule has 0 spiro atoms. The van der Waals surface area contributed by atoms with Crippen molar-refractivity contribution in [3.8, 4) is 0 Å². The number of hydrogen-bond acceptors (Lipinski definition) is 6. The van der Waals surface area contributed by atoms with Crippen molar-refractivity contribution in [1.29, 1.82) is 0 Å². The van der Waals surface area contributed by atoms with Gasteiger partial charge >= 0.3 is 0 Å². The van der Waals surface area contributed by atoms with Gasteiger partial charge in [-0.3, -0.25) is 14.4 Å². The van der Waals surface area contributed by atoms with Gasteiger partial charge in [-0.25, -0.2) is 4.68 Å². The van der Waals surface area contributed by atoms with Gasteiger partial charge in [0.1, 0.15) is 5.58 Å². The first-order valence-corrected chi connectivity index (χ1v) is 9.37. The molecule has 8 heteroatoms. The third-order valence-corrected chi connectivity index (χ3v) is 4.73. The van der Waals surface area contributed by atoms with E-state index in [-0.39, 0.29) is 23.3 Å². The fourth-order valence-electron chi connectivity index (χ4n) is 3.23. The van der Waals surface area contributed by atoms with Gasteiger partial charge in [-0.15, -0.1) is 0 Å². The number of carbonyl (C=O) groups is 1. The van der Waals surface area contributed by atoms with Gasteiger partial charge in [0.15, 0.2) is 11.2 Å². The maximum absolute atomic E-state index is 12.6. The average molecular weight is 405 g/mol. The second-order valence-electron chi connectivity index (χ2n) is 6.67. The van der Waals surface area contributed by atoms with Crippen LogP contribution in [0.5, 0.6) is 0 Å². The molecule has 2 aromatic heterocycles. The topological polar surface area (TPSA) is 103 Å². The first kappa shape index (κ1) is 19.5. The van der Waals surface area contributed by atoms with Crippen LogP contribution in [-0.2, 0) is 17.8 Å². The number of para-hydroxylation sites is 1. The predicted molar refractivity (Wildman–Crippen MR) is 112 cm³/mol. The summed E-state index contributed by atoms with van der Waals surface area (Å²) in [6, 6.07) is 15.0. The van der Waals surface area contributed by atoms with Crippen LogP contribution in [0.25, 0.3) is 21.7 Å². The highest BCUT2D eigenvalue weighted by Gasteiger charge is 2.15. The molecule has 0 bridgehead atoms. The quantitative estimate of drug-likeness (QED) is 0.527. The highest BCUT2D eigenvalue weighted by atomic mass is 16.5. The van der Waals surface area contributed by atoms with Crippen molar-refractivity contribution < 1.29 is 13.9 Å². The minimum absolute atomic E-state index is 0.0587. The van der Waals surface area contributed by atoms with E-state index in [1.54, 1.807) is 55.6 Å². The molecule has 4 rings (SSSR count). The summed E-state index contributed by atoms with van der Waals surface area (Å²) in [5.74, 6) is -0.630. The smallest absolute Gasteiger partial charge is 0.287 e. The normalized spacial score (nSPS) is 11.1. The van der Waals surface area contributed by atoms with Crippen LogP contribution in [0.3, 0.4) is 0 Å². The third-order valence-electron chi connectivity index (χ3n) is 4.73. The molecule has 1 N–H and O–H groups in total. The molecule has 30 heavy (non-hydrogen) atoms. The summed E-state index contributed by atoms with van der Waals surface area (Å²) in [6.45, 7) is 0.684. The van der Waals surface area contributed by atoms with Gasteiger partial charge in [0.2, 0.25) is 0 Å². The maximum atomic E-state index is 12.6. The lowest BCUT2D eigenvalue weighted by Crippen LogP contribution is -2.29. The minimum atomic E-state index is -0.543. The van der Waals surface area contributed by atoms with Crippen molar-refractivity contribution in [2.24, 2.45) is 0 Å². The van der Waals surface area contributed by atoms with Crippen molar-refractivity contribution in [3.05, 3.63) is 86.6 Å². The zero-order valence-corrected chi connectivity index (χ0v) is 16.3. The Morgan fingerprint density at radius 1 is 1.07 bits per heavy atom. The summed E-state index contributed by atoms with van der Waals surface area (Å²) >= 11 is 0. The summed E-state index contributed by atoms with van der Waals surface area (Å²) < 4.78 is 11.9. The molecule has 0 aliphatic carbocycles. The number of nitrogens with zero attached hydrogens (tertiary/aromatic N) is 2. The average Bonchev–Trinajstić information content (AvgIpc) is 2.77. The van der Waals surface area contributed by atoms with Gasteiger partial charge in [0.05, 0.1) is 36.2 Å². The molecule has 152 valence electrons. The fraction of sp³-hybridized carbons (Fsp3) is 0.182. The lowest BCUT2D eigenvalue weighted by atomic mass is 10.1. The van der Waals surface area contributed by atoms with E-state index >= 15 is 0 Å². The van der Waals surface area contributed by atoms with E-state index < -0.39 is 5.91 Å². The summed E-state index contributed by atoms with van der Waals surface area (Å²) in [6.07, 6.45) is 0. The highest BCUT2D eigenvalue weighted by Crippen LogP contribution is 2.14. The number of nitrogens with one attached hydrogen (secondary N) is 1. The minimum Gasteiger partial charge on any atom is -0.451 e. The Bertz CT molecular complexity index is 1360. The van der Waals surface area contributed by atoms with E-state index in [2.05, 4.69) is 10.4 Å². The van der Waals surface area contributed by atoms with Crippen LogP contribution in [-0.4, -0.2) is 29.4 Å². The Balaban J connectivity index is 1.65. The van der Waals surface area contributed by atoms with Gasteiger partial charge < -0.3 is 14.5 Å². The summed E-state index contributed by atoms with van der Waals surface area (Å²) in [7, 11) is 1.55. The predicted octanol–water partition coefficient (Wildman–Crippen LogP) is 2.08. The molecule has 0 saturated carbocycles. The first-order valence-electron chi connectivity index (χ1n) is 9.37. The molecule has 0 unspecified atom stereocenters. The Morgan fingerprint density at radius 3 is 2.53 bits per heavy atom. The number of benzene rings is 2. The molecule has 1 amide bonds. The van der Waals surface area contributed by atoms with Crippen molar-refractivity contribution in [2.75, 3.05) is 13.7 Å². The van der Waals surface area contributed by atoms with Crippen molar-refractivity contribution >= 4 is 27.6 Å². The van der Waals surface area contributed by atoms with Gasteiger partial charge in [-0.05, 0) is 18.2 Å². The summed E-state index contributed by atoms with van der Waals surface area (Å²) in [4.78, 5) is 37.5. The molecule has 0 radical (unpaired) electrons. The molecular formula is C22H19N3O5. The lowest BCUT2D eigenvalue weighted by molar-refractivity contribution is 0.0923. The van der Waals surface area contributed by atoms with E-state index in [0.717, 1.165) is 0 Å². The Kier molecular flexibility index (Phi) is 5.40. The largest absolute Gasteiger partial charge is 0.451 e. The van der Waals surface area contributed by atoms with Crippen molar-refractivity contribution in [2.45, 2.75) is 13.1 Å². The molecule has 0 aliphatic rings. The van der Waals surface area contributed by atoms with Crippen LogP contribution in [0.2, 0.25) is 0 Å². The Morgan fingerprint density at radius 2 is 1.77 bits per heavy atom. The number of fused-ring (bicyclic) bond motifs is 2. The van der Waals surface area contributed by atoms with Crippen LogP contribution in [0.15, 0.2) is 68.6 Å². The highest BCUT2D eigenvalue weighted by molar-refractivity contribution is 5.93. The van der Waals surface area contributed by atoms with E-state index in [1.807, 2.05) is 0 Å². The molecule has 0 saturated heterocycles. The first-order chi connectivity index (χ1) is 14.6. The number of methoxy groups -OCH3 is 1. The fourth-order valence-corrected chi connectivity index (χ4v) is 3.23. The molecule has 0 aliphatic heterocycles. The summed E-state index contributed by atoms with van der Waals surface area (Å²) in [5, 5.41) is 8.67. The number of rotatable bonds is 6. The summed E-state index contributed by atoms with van der Waals surface area (Å²) in [5.41, 5.74) is 0.349. The molecule has 8 nitrogen and oxygen atoms in total. The monoisotopic (exact) mass is 405 g/mol. The second kappa shape index (κ2) is 8.30.